The van der Waals surface area contributed by atoms with Gasteiger partial charge in [0.05, 0.1) is 29.2 Å². The number of nitrogens with zero attached hydrogens (tertiary/aromatic N) is 1. The number of aromatic hydroxyl groups is 1. The molecule has 2 aromatic rings. The SMILES string of the molecule is COCOC(=O)C1=C(OC)[C@@H]2C#C/C=C\C#C[C@@H]3N=c4c(cc(O)c5c4=Cc4c(OCOC)ccc(OCOC)c4C5=O)[C@]24O[C@@]34[C@H]1C. The van der Waals surface area contributed by atoms with E-state index in [-0.39, 0.29) is 54.3 Å². The van der Waals surface area contributed by atoms with E-state index in [4.69, 9.17) is 42.9 Å². The second-order valence-corrected chi connectivity index (χ2v) is 11.6. The molecule has 48 heavy (non-hydrogen) atoms. The molecule has 1 N–H and O–H groups in total. The van der Waals surface area contributed by atoms with Crippen LogP contribution in [0.5, 0.6) is 17.2 Å². The zero-order valence-electron chi connectivity index (χ0n) is 26.8. The van der Waals surface area contributed by atoms with Crippen LogP contribution in [0.3, 0.4) is 0 Å². The van der Waals surface area contributed by atoms with Crippen LogP contribution in [0.1, 0.15) is 34.0 Å². The van der Waals surface area contributed by atoms with Gasteiger partial charge in [-0.05, 0) is 36.4 Å². The molecule has 1 fully saturated rings. The van der Waals surface area contributed by atoms with Crippen LogP contribution in [-0.2, 0) is 38.8 Å². The number of carbonyl (C=O) groups excluding carboxylic acids is 2. The molecule has 2 aromatic carbocycles. The van der Waals surface area contributed by atoms with Gasteiger partial charge in [0.2, 0.25) is 5.78 Å². The minimum atomic E-state index is -1.26. The number of benzene rings is 2. The van der Waals surface area contributed by atoms with Gasteiger partial charge < -0.3 is 43.0 Å². The fraction of sp³-hybridized carbons (Fsp3) is 0.361. The summed E-state index contributed by atoms with van der Waals surface area (Å²) in [5, 5.41) is 12.4. The Balaban J connectivity index is 1.54. The highest BCUT2D eigenvalue weighted by Crippen LogP contribution is 2.71. The molecule has 2 heterocycles. The van der Waals surface area contributed by atoms with Crippen molar-refractivity contribution < 1.29 is 52.6 Å². The van der Waals surface area contributed by atoms with Crippen molar-refractivity contribution in [2.45, 2.75) is 24.2 Å². The Morgan fingerprint density at radius 3 is 2.38 bits per heavy atom. The third-order valence-corrected chi connectivity index (χ3v) is 9.28. The topological polar surface area (TPSA) is 144 Å². The number of methoxy groups -OCH3 is 4. The largest absolute Gasteiger partial charge is 0.507 e. The molecule has 0 spiro atoms. The Morgan fingerprint density at radius 2 is 1.67 bits per heavy atom. The van der Waals surface area contributed by atoms with E-state index < -0.39 is 40.8 Å². The van der Waals surface area contributed by atoms with Gasteiger partial charge in [-0.3, -0.25) is 9.79 Å². The highest BCUT2D eigenvalue weighted by molar-refractivity contribution is 6.17. The summed E-state index contributed by atoms with van der Waals surface area (Å²) in [7, 11) is 5.83. The molecule has 5 atom stereocenters. The van der Waals surface area contributed by atoms with Gasteiger partial charge in [0, 0.05) is 43.6 Å². The molecule has 0 unspecified atom stereocenters. The van der Waals surface area contributed by atoms with Crippen molar-refractivity contribution in [2.75, 3.05) is 48.8 Å². The van der Waals surface area contributed by atoms with Crippen LogP contribution in [-0.4, -0.2) is 77.3 Å². The van der Waals surface area contributed by atoms with Gasteiger partial charge in [0.1, 0.15) is 46.2 Å². The van der Waals surface area contributed by atoms with Crippen molar-refractivity contribution in [3.8, 4) is 40.9 Å². The number of esters is 1. The van der Waals surface area contributed by atoms with Gasteiger partial charge in [-0.2, -0.15) is 0 Å². The molecule has 246 valence electrons. The molecule has 12 heteroatoms. The molecule has 3 aliphatic carbocycles. The van der Waals surface area contributed by atoms with Gasteiger partial charge in [-0.25, -0.2) is 4.79 Å². The van der Waals surface area contributed by atoms with Gasteiger partial charge in [0.15, 0.2) is 20.4 Å². The Hall–Kier alpha value is -5.11. The summed E-state index contributed by atoms with van der Waals surface area (Å²) in [6, 6.07) is 3.93. The lowest BCUT2D eigenvalue weighted by Crippen LogP contribution is -2.56. The van der Waals surface area contributed by atoms with Crippen molar-refractivity contribution in [1.82, 2.24) is 0 Å². The van der Waals surface area contributed by atoms with Gasteiger partial charge in [-0.1, -0.05) is 30.6 Å². The highest BCUT2D eigenvalue weighted by atomic mass is 16.7. The summed E-state index contributed by atoms with van der Waals surface area (Å²) >= 11 is 0. The third kappa shape index (κ3) is 4.24. The molecule has 0 amide bonds. The fourth-order valence-corrected chi connectivity index (χ4v) is 7.39. The van der Waals surface area contributed by atoms with Gasteiger partial charge in [0.25, 0.3) is 0 Å². The predicted octanol–water partition coefficient (Wildman–Crippen LogP) is 1.59. The van der Waals surface area contributed by atoms with Crippen LogP contribution in [0.15, 0.2) is 46.7 Å². The molecular weight excluding hydrogens is 622 g/mol. The first-order valence-corrected chi connectivity index (χ1v) is 15.0. The van der Waals surface area contributed by atoms with E-state index in [0.717, 1.165) is 0 Å². The average Bonchev–Trinajstić information content (AvgIpc) is 3.81. The van der Waals surface area contributed by atoms with Gasteiger partial charge in [-0.15, -0.1) is 0 Å². The van der Waals surface area contributed by atoms with Crippen molar-refractivity contribution in [3.05, 3.63) is 74.5 Å². The minimum absolute atomic E-state index is 0.0252. The molecule has 12 nitrogen and oxygen atoms in total. The molecule has 1 saturated heterocycles. The Morgan fingerprint density at radius 1 is 0.979 bits per heavy atom. The van der Waals surface area contributed by atoms with E-state index in [2.05, 4.69) is 23.7 Å². The quantitative estimate of drug-likeness (QED) is 0.148. The first-order chi connectivity index (χ1) is 23.3. The first-order valence-electron chi connectivity index (χ1n) is 15.0. The number of hydrogen-bond donors (Lipinski definition) is 1. The Bertz CT molecular complexity index is 2080. The molecular formula is C36H31NO11. The maximum atomic E-state index is 14.3. The van der Waals surface area contributed by atoms with Crippen molar-refractivity contribution in [1.29, 1.82) is 0 Å². The zero-order chi connectivity index (χ0) is 33.8. The lowest BCUT2D eigenvalue weighted by Gasteiger charge is -2.39. The van der Waals surface area contributed by atoms with Crippen molar-refractivity contribution in [2.24, 2.45) is 16.8 Å². The van der Waals surface area contributed by atoms with E-state index in [1.807, 2.05) is 6.92 Å². The van der Waals surface area contributed by atoms with E-state index in [1.54, 1.807) is 30.4 Å². The van der Waals surface area contributed by atoms with Crippen LogP contribution in [0, 0.1) is 35.5 Å². The number of fused-ring (bicyclic) bond motifs is 4. The number of phenols is 1. The Kier molecular flexibility index (Phi) is 7.77. The highest BCUT2D eigenvalue weighted by Gasteiger charge is 2.84. The molecule has 0 aromatic heterocycles. The van der Waals surface area contributed by atoms with Crippen LogP contribution in [0.2, 0.25) is 0 Å². The van der Waals surface area contributed by atoms with E-state index in [9.17, 15) is 14.7 Å². The lowest BCUT2D eigenvalue weighted by atomic mass is 9.60. The molecule has 0 radical (unpaired) electrons. The second kappa shape index (κ2) is 11.8. The van der Waals surface area contributed by atoms with Gasteiger partial charge >= 0.3 is 5.97 Å². The molecule has 4 bridgehead atoms. The maximum absolute atomic E-state index is 14.3. The summed E-state index contributed by atoms with van der Waals surface area (Å²) in [6.45, 7) is 1.38. The molecule has 5 aliphatic rings. The van der Waals surface area contributed by atoms with Crippen LogP contribution < -0.4 is 20.0 Å². The van der Waals surface area contributed by atoms with Crippen LogP contribution in [0.4, 0.5) is 0 Å². The number of allylic oxidation sites excluding steroid dienone is 2. The zero-order valence-corrected chi connectivity index (χ0v) is 26.8. The first kappa shape index (κ1) is 31.5. The number of ketones is 1. The Labute approximate surface area is 275 Å². The lowest BCUT2D eigenvalue weighted by molar-refractivity contribution is -0.150. The van der Waals surface area contributed by atoms with E-state index in [1.165, 1.54) is 34.5 Å². The average molecular weight is 654 g/mol. The second-order valence-electron chi connectivity index (χ2n) is 11.6. The minimum Gasteiger partial charge on any atom is -0.507 e. The number of ether oxygens (including phenoxy) is 8. The summed E-state index contributed by atoms with van der Waals surface area (Å²) in [4.78, 5) is 32.9. The van der Waals surface area contributed by atoms with E-state index >= 15 is 0 Å². The summed E-state index contributed by atoms with van der Waals surface area (Å²) in [6.07, 6.45) is 4.95. The summed E-state index contributed by atoms with van der Waals surface area (Å²) in [5.41, 5.74) is -1.12. The van der Waals surface area contributed by atoms with Crippen molar-refractivity contribution in [3.63, 3.8) is 0 Å². The number of carbonyl (C=O) groups is 2. The van der Waals surface area contributed by atoms with Crippen LogP contribution in [0.25, 0.3) is 6.08 Å². The third-order valence-electron chi connectivity index (χ3n) is 9.28. The fourth-order valence-electron chi connectivity index (χ4n) is 7.39. The van der Waals surface area contributed by atoms with Crippen LogP contribution >= 0.6 is 0 Å². The number of phenolic OH excluding ortho intramolecular Hbond substituents is 1. The maximum Gasteiger partial charge on any atom is 0.339 e. The number of rotatable bonds is 10. The van der Waals surface area contributed by atoms with E-state index in [0.29, 0.717) is 27.5 Å². The summed E-state index contributed by atoms with van der Waals surface area (Å²) < 4.78 is 45.0. The number of hydrogen-bond acceptors (Lipinski definition) is 12. The number of epoxide rings is 1. The molecule has 7 rings (SSSR count). The molecule has 0 saturated carbocycles. The summed E-state index contributed by atoms with van der Waals surface area (Å²) in [5.74, 6) is 10.4. The molecule has 2 aliphatic heterocycles. The van der Waals surface area contributed by atoms with Crippen molar-refractivity contribution >= 4 is 17.8 Å². The standard InChI is InChI=1S/C36H31NO11/c1-19-28(34(40)47-18-43-4)33(44-5)22-10-8-6-7-9-11-27-35(19)36(22,48-35)23-15-24(38)29-21(31(23)37-27)14-20-25(45-16-41-2)12-13-26(46-17-42-3)30(20)32(29)39/h6-7,12-15,19,22,27,38H,16-18H2,1-5H3/b7-6-/t19-,22-,27-,35-,36+/m0/s1. The smallest absolute Gasteiger partial charge is 0.339 e. The normalized spacial score (nSPS) is 27.0. The monoisotopic (exact) mass is 653 g/mol. The predicted molar refractivity (Wildman–Crippen MR) is 166 cm³/mol.